The molecule has 5 nitrogen and oxygen atoms in total. The first-order valence-corrected chi connectivity index (χ1v) is 7.86. The highest BCUT2D eigenvalue weighted by atomic mass is 35.5. The second-order valence-electron chi connectivity index (χ2n) is 5.22. The molecule has 6 heteroatoms. The van der Waals surface area contributed by atoms with Gasteiger partial charge >= 0.3 is 6.09 Å². The molecule has 0 radical (unpaired) electrons. The number of halogens is 1. The Morgan fingerprint density at radius 3 is 2.82 bits per heavy atom. The Labute approximate surface area is 136 Å². The summed E-state index contributed by atoms with van der Waals surface area (Å²) in [5.41, 5.74) is 0.897. The number of piperidine rings is 1. The Kier molecular flexibility index (Phi) is 5.95. The van der Waals surface area contributed by atoms with Gasteiger partial charge in [0.2, 0.25) is 0 Å². The molecule has 0 bridgehead atoms. The Morgan fingerprint density at radius 1 is 1.45 bits per heavy atom. The highest BCUT2D eigenvalue weighted by Gasteiger charge is 2.23. The molecule has 0 aliphatic carbocycles. The van der Waals surface area contributed by atoms with Crippen molar-refractivity contribution in [2.75, 3.05) is 25.0 Å². The van der Waals surface area contributed by atoms with Crippen LogP contribution in [-0.2, 0) is 4.74 Å². The molecule has 0 aromatic heterocycles. The molecule has 1 saturated heterocycles. The Hall–Kier alpha value is -1.88. The average molecular weight is 324 g/mol. The number of nitrogens with one attached hydrogen (secondary N) is 2. The number of anilines is 1. The lowest BCUT2D eigenvalue weighted by atomic mass is 10.1. The zero-order valence-electron chi connectivity index (χ0n) is 12.8. The number of benzene rings is 1. The van der Waals surface area contributed by atoms with E-state index in [2.05, 4.69) is 17.2 Å². The SMILES string of the molecule is C=C(Nc1cccc(Cl)c1)NC1CCN(C(=O)OCC)CC1. The number of amides is 1. The summed E-state index contributed by atoms with van der Waals surface area (Å²) in [6, 6.07) is 7.79. The standard InChI is InChI=1S/C16H22ClN3O2/c1-3-22-16(21)20-9-7-14(8-10-20)18-12(2)19-15-6-4-5-13(17)11-15/h4-6,11,14,18-19H,2-3,7-10H2,1H3. The molecule has 1 heterocycles. The van der Waals surface area contributed by atoms with Crippen molar-refractivity contribution in [1.29, 1.82) is 0 Å². The molecule has 0 unspecified atom stereocenters. The van der Waals surface area contributed by atoms with Gasteiger partial charge in [0.05, 0.1) is 12.4 Å². The Balaban J connectivity index is 1.76. The van der Waals surface area contributed by atoms with Crippen molar-refractivity contribution in [3.63, 3.8) is 0 Å². The lowest BCUT2D eigenvalue weighted by Gasteiger charge is -2.32. The van der Waals surface area contributed by atoms with Gasteiger partial charge in [-0.1, -0.05) is 24.2 Å². The highest BCUT2D eigenvalue weighted by Crippen LogP contribution is 2.17. The summed E-state index contributed by atoms with van der Waals surface area (Å²) in [6.07, 6.45) is 1.52. The van der Waals surface area contributed by atoms with Crippen LogP contribution < -0.4 is 10.6 Å². The fourth-order valence-electron chi connectivity index (χ4n) is 2.44. The summed E-state index contributed by atoms with van der Waals surface area (Å²) in [7, 11) is 0. The summed E-state index contributed by atoms with van der Waals surface area (Å²) in [5, 5.41) is 7.22. The summed E-state index contributed by atoms with van der Waals surface area (Å²) in [6.45, 7) is 7.61. The van der Waals surface area contributed by atoms with Crippen LogP contribution >= 0.6 is 11.6 Å². The minimum Gasteiger partial charge on any atom is -0.450 e. The topological polar surface area (TPSA) is 53.6 Å². The fourth-order valence-corrected chi connectivity index (χ4v) is 2.63. The van der Waals surface area contributed by atoms with Crippen LogP contribution in [0.5, 0.6) is 0 Å². The summed E-state index contributed by atoms with van der Waals surface area (Å²) < 4.78 is 5.01. The van der Waals surface area contributed by atoms with Crippen LogP contribution in [0, 0.1) is 0 Å². The van der Waals surface area contributed by atoms with Gasteiger partial charge in [0.15, 0.2) is 0 Å². The number of carbonyl (C=O) groups is 1. The predicted octanol–water partition coefficient (Wildman–Crippen LogP) is 3.43. The molecule has 22 heavy (non-hydrogen) atoms. The fraction of sp³-hybridized carbons (Fsp3) is 0.438. The molecule has 2 N–H and O–H groups in total. The van der Waals surface area contributed by atoms with Gasteiger partial charge in [-0.05, 0) is 38.0 Å². The molecule has 1 amide bonds. The lowest BCUT2D eigenvalue weighted by molar-refractivity contribution is 0.0958. The molecule has 1 fully saturated rings. The van der Waals surface area contributed by atoms with Crippen LogP contribution in [0.15, 0.2) is 36.7 Å². The van der Waals surface area contributed by atoms with E-state index in [9.17, 15) is 4.79 Å². The molecule has 0 saturated carbocycles. The van der Waals surface area contributed by atoms with E-state index in [-0.39, 0.29) is 6.09 Å². The molecular weight excluding hydrogens is 302 g/mol. The predicted molar refractivity (Wildman–Crippen MR) is 89.0 cm³/mol. The second-order valence-corrected chi connectivity index (χ2v) is 5.65. The monoisotopic (exact) mass is 323 g/mol. The molecule has 0 spiro atoms. The first kappa shape index (κ1) is 16.5. The lowest BCUT2D eigenvalue weighted by Crippen LogP contribution is -2.45. The second kappa shape index (κ2) is 7.94. The van der Waals surface area contributed by atoms with E-state index in [0.717, 1.165) is 24.4 Å². The van der Waals surface area contributed by atoms with Gasteiger partial charge in [-0.25, -0.2) is 4.79 Å². The van der Waals surface area contributed by atoms with Crippen molar-refractivity contribution in [2.24, 2.45) is 0 Å². The number of hydrogen-bond donors (Lipinski definition) is 2. The molecule has 1 aromatic carbocycles. The minimum atomic E-state index is -0.225. The van der Waals surface area contributed by atoms with Gasteiger partial charge in [-0.2, -0.15) is 0 Å². The highest BCUT2D eigenvalue weighted by molar-refractivity contribution is 6.30. The number of hydrogen-bond acceptors (Lipinski definition) is 4. The summed E-state index contributed by atoms with van der Waals surface area (Å²) in [4.78, 5) is 13.4. The minimum absolute atomic E-state index is 0.225. The van der Waals surface area contributed by atoms with Gasteiger partial charge in [-0.15, -0.1) is 0 Å². The summed E-state index contributed by atoms with van der Waals surface area (Å²) >= 11 is 5.95. The van der Waals surface area contributed by atoms with Crippen LogP contribution in [-0.4, -0.2) is 36.7 Å². The maximum atomic E-state index is 11.6. The molecule has 120 valence electrons. The zero-order chi connectivity index (χ0) is 15.9. The maximum absolute atomic E-state index is 11.6. The Bertz CT molecular complexity index is 528. The third-order valence-corrected chi connectivity index (χ3v) is 3.75. The molecule has 0 atom stereocenters. The quantitative estimate of drug-likeness (QED) is 0.871. The van der Waals surface area contributed by atoms with Crippen molar-refractivity contribution in [1.82, 2.24) is 10.2 Å². The van der Waals surface area contributed by atoms with Crippen molar-refractivity contribution < 1.29 is 9.53 Å². The molecule has 1 aliphatic heterocycles. The van der Waals surface area contributed by atoms with E-state index in [4.69, 9.17) is 16.3 Å². The molecular formula is C16H22ClN3O2. The van der Waals surface area contributed by atoms with Gasteiger partial charge in [0.1, 0.15) is 0 Å². The first-order valence-electron chi connectivity index (χ1n) is 7.48. The van der Waals surface area contributed by atoms with Crippen molar-refractivity contribution in [3.8, 4) is 0 Å². The van der Waals surface area contributed by atoms with Crippen molar-refractivity contribution in [3.05, 3.63) is 41.7 Å². The smallest absolute Gasteiger partial charge is 0.409 e. The van der Waals surface area contributed by atoms with Gasteiger partial charge in [0.25, 0.3) is 0 Å². The van der Waals surface area contributed by atoms with Crippen LogP contribution in [0.2, 0.25) is 5.02 Å². The summed E-state index contributed by atoms with van der Waals surface area (Å²) in [5.74, 6) is 0.733. The number of nitrogens with zero attached hydrogens (tertiary/aromatic N) is 1. The third-order valence-electron chi connectivity index (χ3n) is 3.52. The molecule has 1 aliphatic rings. The van der Waals surface area contributed by atoms with Crippen LogP contribution in [0.4, 0.5) is 10.5 Å². The van der Waals surface area contributed by atoms with E-state index in [1.165, 1.54) is 0 Å². The van der Waals surface area contributed by atoms with E-state index in [1.807, 2.05) is 31.2 Å². The van der Waals surface area contributed by atoms with Crippen LogP contribution in [0.25, 0.3) is 0 Å². The van der Waals surface area contributed by atoms with E-state index >= 15 is 0 Å². The van der Waals surface area contributed by atoms with Gasteiger partial charge < -0.3 is 20.3 Å². The Morgan fingerprint density at radius 2 is 2.18 bits per heavy atom. The largest absolute Gasteiger partial charge is 0.450 e. The van der Waals surface area contributed by atoms with Gasteiger partial charge in [-0.3, -0.25) is 0 Å². The molecule has 1 aromatic rings. The third kappa shape index (κ3) is 4.84. The van der Waals surface area contributed by atoms with E-state index in [1.54, 1.807) is 4.90 Å². The number of likely N-dealkylation sites (tertiary alicyclic amines) is 1. The van der Waals surface area contributed by atoms with Crippen molar-refractivity contribution >= 4 is 23.4 Å². The number of rotatable bonds is 5. The number of carbonyl (C=O) groups excluding carboxylic acids is 1. The average Bonchev–Trinajstić information content (AvgIpc) is 2.48. The van der Waals surface area contributed by atoms with Gasteiger partial charge in [0, 0.05) is 29.8 Å². The van der Waals surface area contributed by atoms with Crippen molar-refractivity contribution in [2.45, 2.75) is 25.8 Å². The molecule has 2 rings (SSSR count). The van der Waals surface area contributed by atoms with Crippen LogP contribution in [0.3, 0.4) is 0 Å². The zero-order valence-corrected chi connectivity index (χ0v) is 13.5. The normalized spacial score (nSPS) is 15.3. The maximum Gasteiger partial charge on any atom is 0.409 e. The van der Waals surface area contributed by atoms with E-state index < -0.39 is 0 Å². The number of ether oxygens (including phenoxy) is 1. The van der Waals surface area contributed by atoms with Crippen LogP contribution in [0.1, 0.15) is 19.8 Å². The van der Waals surface area contributed by atoms with E-state index in [0.29, 0.717) is 30.8 Å². The first-order chi connectivity index (χ1) is 10.6.